The van der Waals surface area contributed by atoms with Gasteiger partial charge in [0.15, 0.2) is 5.96 Å². The molecule has 1 aromatic heterocycles. The van der Waals surface area contributed by atoms with Crippen molar-refractivity contribution in [1.29, 1.82) is 0 Å². The van der Waals surface area contributed by atoms with Gasteiger partial charge in [0.25, 0.3) is 0 Å². The molecule has 0 spiro atoms. The number of hydrogen-bond acceptors (Lipinski definition) is 4. The van der Waals surface area contributed by atoms with Crippen molar-refractivity contribution in [2.24, 2.45) is 4.99 Å². The highest BCUT2D eigenvalue weighted by Gasteiger charge is 2.10. The van der Waals surface area contributed by atoms with Gasteiger partial charge in [-0.05, 0) is 32.4 Å². The number of ether oxygens (including phenoxy) is 1. The minimum atomic E-state index is 0.602. The summed E-state index contributed by atoms with van der Waals surface area (Å²) in [6.07, 6.45) is 0.856. The predicted octanol–water partition coefficient (Wildman–Crippen LogP) is 2.42. The number of rotatable bonds is 7. The van der Waals surface area contributed by atoms with Gasteiger partial charge >= 0.3 is 0 Å². The van der Waals surface area contributed by atoms with Gasteiger partial charge < -0.3 is 19.5 Å². The predicted molar refractivity (Wildman–Crippen MR) is 95.6 cm³/mol. The van der Waals surface area contributed by atoms with E-state index in [1.165, 1.54) is 0 Å². The fourth-order valence-electron chi connectivity index (χ4n) is 2.47. The van der Waals surface area contributed by atoms with E-state index in [-0.39, 0.29) is 0 Å². The average Bonchev–Trinajstić information content (AvgIpc) is 2.91. The Balaban J connectivity index is 1.74. The van der Waals surface area contributed by atoms with Crippen molar-refractivity contribution in [3.05, 3.63) is 47.3 Å². The number of benzene rings is 1. The molecule has 0 unspecified atom stereocenters. The topological polar surface area (TPSA) is 62.9 Å². The number of guanidine groups is 1. The lowest BCUT2D eigenvalue weighted by atomic mass is 10.1. The molecular weight excluding hydrogens is 304 g/mol. The van der Waals surface area contributed by atoms with Crippen LogP contribution in [0.4, 0.5) is 0 Å². The molecule has 0 radical (unpaired) electrons. The summed E-state index contributed by atoms with van der Waals surface area (Å²) in [6, 6.07) is 9.82. The normalized spacial score (nSPS) is 11.4. The van der Waals surface area contributed by atoms with Crippen molar-refractivity contribution in [1.82, 2.24) is 15.4 Å². The zero-order valence-corrected chi connectivity index (χ0v) is 14.9. The Kier molecular flexibility index (Phi) is 6.66. The van der Waals surface area contributed by atoms with Crippen molar-refractivity contribution < 1.29 is 9.26 Å². The number of para-hydroxylation sites is 1. The van der Waals surface area contributed by atoms with E-state index >= 15 is 0 Å². The third-order valence-electron chi connectivity index (χ3n) is 3.85. The summed E-state index contributed by atoms with van der Waals surface area (Å²) in [5.74, 6) is 2.61. The molecular formula is C18H26N4O2. The van der Waals surface area contributed by atoms with Gasteiger partial charge in [-0.15, -0.1) is 0 Å². The quantitative estimate of drug-likeness (QED) is 0.624. The van der Waals surface area contributed by atoms with E-state index in [1.807, 2.05) is 51.2 Å². The number of hydrogen-bond donors (Lipinski definition) is 1. The maximum atomic E-state index is 5.72. The van der Waals surface area contributed by atoms with Crippen LogP contribution in [0.1, 0.15) is 17.0 Å². The van der Waals surface area contributed by atoms with Crippen LogP contribution in [0.2, 0.25) is 0 Å². The number of nitrogens with one attached hydrogen (secondary N) is 1. The Morgan fingerprint density at radius 3 is 2.67 bits per heavy atom. The van der Waals surface area contributed by atoms with Crippen LogP contribution in [-0.2, 0) is 6.42 Å². The van der Waals surface area contributed by atoms with Gasteiger partial charge in [-0.3, -0.25) is 4.99 Å². The third kappa shape index (κ3) is 5.01. The lowest BCUT2D eigenvalue weighted by Crippen LogP contribution is -2.41. The molecule has 0 atom stereocenters. The van der Waals surface area contributed by atoms with Gasteiger partial charge in [0.2, 0.25) is 0 Å². The van der Waals surface area contributed by atoms with Crippen molar-refractivity contribution in [2.45, 2.75) is 20.3 Å². The van der Waals surface area contributed by atoms with E-state index < -0.39 is 0 Å². The molecule has 2 rings (SSSR count). The first-order valence-electron chi connectivity index (χ1n) is 8.13. The van der Waals surface area contributed by atoms with Crippen molar-refractivity contribution in [3.63, 3.8) is 0 Å². The fourth-order valence-corrected chi connectivity index (χ4v) is 2.47. The molecule has 6 heteroatoms. The van der Waals surface area contributed by atoms with Gasteiger partial charge in [-0.1, -0.05) is 23.4 Å². The molecule has 1 aromatic carbocycles. The molecule has 0 saturated carbocycles. The van der Waals surface area contributed by atoms with Crippen LogP contribution >= 0.6 is 0 Å². The van der Waals surface area contributed by atoms with E-state index in [0.717, 1.165) is 48.2 Å². The minimum absolute atomic E-state index is 0.602. The second-order valence-electron chi connectivity index (χ2n) is 5.61. The van der Waals surface area contributed by atoms with Gasteiger partial charge in [0, 0.05) is 26.2 Å². The average molecular weight is 330 g/mol. The molecule has 0 bridgehead atoms. The summed E-state index contributed by atoms with van der Waals surface area (Å²) in [4.78, 5) is 6.37. The summed E-state index contributed by atoms with van der Waals surface area (Å²) in [5, 5.41) is 7.34. The first-order valence-corrected chi connectivity index (χ1v) is 8.13. The summed E-state index contributed by atoms with van der Waals surface area (Å²) in [5.41, 5.74) is 2.11. The van der Waals surface area contributed by atoms with E-state index in [1.54, 1.807) is 7.05 Å². The van der Waals surface area contributed by atoms with Crippen LogP contribution in [-0.4, -0.2) is 49.8 Å². The SMILES string of the molecule is CN=C(NCCc1c(C)noc1C)N(C)CCOc1ccccc1. The molecule has 0 aliphatic heterocycles. The van der Waals surface area contributed by atoms with E-state index in [4.69, 9.17) is 9.26 Å². The molecule has 130 valence electrons. The number of nitrogens with zero attached hydrogens (tertiary/aromatic N) is 3. The van der Waals surface area contributed by atoms with Crippen molar-refractivity contribution >= 4 is 5.96 Å². The smallest absolute Gasteiger partial charge is 0.193 e. The minimum Gasteiger partial charge on any atom is -0.492 e. The summed E-state index contributed by atoms with van der Waals surface area (Å²) >= 11 is 0. The molecule has 6 nitrogen and oxygen atoms in total. The lowest BCUT2D eigenvalue weighted by molar-refractivity contribution is 0.281. The molecule has 1 heterocycles. The van der Waals surface area contributed by atoms with Crippen LogP contribution in [0.5, 0.6) is 5.75 Å². The molecule has 0 fully saturated rings. The second kappa shape index (κ2) is 8.96. The van der Waals surface area contributed by atoms with E-state index in [0.29, 0.717) is 6.61 Å². The van der Waals surface area contributed by atoms with Crippen LogP contribution < -0.4 is 10.1 Å². The highest BCUT2D eigenvalue weighted by Crippen LogP contribution is 2.12. The largest absolute Gasteiger partial charge is 0.492 e. The fraction of sp³-hybridized carbons (Fsp3) is 0.444. The monoisotopic (exact) mass is 330 g/mol. The number of likely N-dealkylation sites (N-methyl/N-ethyl adjacent to an activating group) is 1. The molecule has 24 heavy (non-hydrogen) atoms. The Morgan fingerprint density at radius 2 is 2.04 bits per heavy atom. The van der Waals surface area contributed by atoms with Crippen LogP contribution in [0, 0.1) is 13.8 Å². The molecule has 0 amide bonds. The summed E-state index contributed by atoms with van der Waals surface area (Å²) < 4.78 is 10.9. The van der Waals surface area contributed by atoms with E-state index in [2.05, 4.69) is 20.4 Å². The van der Waals surface area contributed by atoms with Gasteiger partial charge in [0.1, 0.15) is 18.1 Å². The zero-order chi connectivity index (χ0) is 17.4. The van der Waals surface area contributed by atoms with Gasteiger partial charge in [0.05, 0.1) is 12.2 Å². The zero-order valence-electron chi connectivity index (χ0n) is 14.9. The van der Waals surface area contributed by atoms with Gasteiger partial charge in [-0.2, -0.15) is 0 Å². The number of aliphatic imine (C=N–C) groups is 1. The third-order valence-corrected chi connectivity index (χ3v) is 3.85. The Morgan fingerprint density at radius 1 is 1.29 bits per heavy atom. The first-order chi connectivity index (χ1) is 11.6. The second-order valence-corrected chi connectivity index (χ2v) is 5.61. The number of aromatic nitrogens is 1. The highest BCUT2D eigenvalue weighted by molar-refractivity contribution is 5.79. The van der Waals surface area contributed by atoms with Crippen molar-refractivity contribution in [2.75, 3.05) is 33.8 Å². The maximum Gasteiger partial charge on any atom is 0.193 e. The van der Waals surface area contributed by atoms with Crippen molar-refractivity contribution in [3.8, 4) is 5.75 Å². The molecule has 0 saturated heterocycles. The Labute approximate surface area is 143 Å². The van der Waals surface area contributed by atoms with Gasteiger partial charge in [-0.25, -0.2) is 0 Å². The lowest BCUT2D eigenvalue weighted by Gasteiger charge is -2.22. The van der Waals surface area contributed by atoms with E-state index in [9.17, 15) is 0 Å². The molecule has 2 aromatic rings. The summed E-state index contributed by atoms with van der Waals surface area (Å²) in [7, 11) is 3.78. The standard InChI is InChI=1S/C18H26N4O2/c1-14-17(15(2)24-21-14)10-11-20-18(19-3)22(4)12-13-23-16-8-6-5-7-9-16/h5-9H,10-13H2,1-4H3,(H,19,20). The summed E-state index contributed by atoms with van der Waals surface area (Å²) in [6.45, 7) is 6.04. The van der Waals surface area contributed by atoms with Crippen LogP contribution in [0.15, 0.2) is 39.8 Å². The Hall–Kier alpha value is -2.50. The maximum absolute atomic E-state index is 5.72. The molecule has 0 aliphatic rings. The highest BCUT2D eigenvalue weighted by atomic mass is 16.5. The molecule has 1 N–H and O–H groups in total. The molecule has 0 aliphatic carbocycles. The number of aryl methyl sites for hydroxylation is 2. The van der Waals surface area contributed by atoms with Crippen LogP contribution in [0.25, 0.3) is 0 Å². The first kappa shape index (κ1) is 17.8. The Bertz CT molecular complexity index is 633. The van der Waals surface area contributed by atoms with Crippen LogP contribution in [0.3, 0.4) is 0 Å².